The van der Waals surface area contributed by atoms with Crippen molar-refractivity contribution in [2.75, 3.05) is 7.05 Å². The molecule has 3 heteroatoms. The van der Waals surface area contributed by atoms with Crippen molar-refractivity contribution in [3.05, 3.63) is 17.7 Å². The van der Waals surface area contributed by atoms with E-state index in [1.54, 1.807) is 0 Å². The predicted octanol–water partition coefficient (Wildman–Crippen LogP) is 2.91. The third-order valence-corrected chi connectivity index (χ3v) is 5.87. The zero-order valence-corrected chi connectivity index (χ0v) is 12.1. The van der Waals surface area contributed by atoms with E-state index in [0.717, 1.165) is 36.3 Å². The zero-order chi connectivity index (χ0) is 13.0. The highest BCUT2D eigenvalue weighted by atomic mass is 15.1. The number of hydrogen-bond donors (Lipinski definition) is 1. The summed E-state index contributed by atoms with van der Waals surface area (Å²) in [6.45, 7) is 3.13. The lowest BCUT2D eigenvalue weighted by atomic mass is 9.54. The van der Waals surface area contributed by atoms with Gasteiger partial charge >= 0.3 is 0 Å². The smallest absolute Gasteiger partial charge is 0.123 e. The minimum absolute atomic E-state index is 0.749. The Kier molecular flexibility index (Phi) is 2.73. The minimum atomic E-state index is 0.749. The van der Waals surface area contributed by atoms with Crippen LogP contribution in [-0.4, -0.2) is 16.6 Å². The Morgan fingerprint density at radius 1 is 1.16 bits per heavy atom. The summed E-state index contributed by atoms with van der Waals surface area (Å²) in [4.78, 5) is 4.64. The molecule has 4 aliphatic carbocycles. The SMILES string of the molecule is CNCc1ncc(C)n1C1C2CC3CC(C2)CC1C3. The second kappa shape index (κ2) is 4.34. The third-order valence-electron chi connectivity index (χ3n) is 5.87. The summed E-state index contributed by atoms with van der Waals surface area (Å²) in [5.41, 5.74) is 1.36. The fraction of sp³-hybridized carbons (Fsp3) is 0.812. The van der Waals surface area contributed by atoms with Gasteiger partial charge in [0.05, 0.1) is 6.54 Å². The van der Waals surface area contributed by atoms with Gasteiger partial charge in [0.15, 0.2) is 0 Å². The summed E-state index contributed by atoms with van der Waals surface area (Å²) in [7, 11) is 2.02. The van der Waals surface area contributed by atoms with Crippen LogP contribution in [0.25, 0.3) is 0 Å². The first-order valence-corrected chi connectivity index (χ1v) is 7.93. The van der Waals surface area contributed by atoms with Crippen molar-refractivity contribution in [1.29, 1.82) is 0 Å². The maximum atomic E-state index is 4.64. The van der Waals surface area contributed by atoms with Gasteiger partial charge in [0.2, 0.25) is 0 Å². The number of nitrogens with zero attached hydrogens (tertiary/aromatic N) is 2. The molecule has 3 nitrogen and oxygen atoms in total. The Morgan fingerprint density at radius 2 is 1.79 bits per heavy atom. The van der Waals surface area contributed by atoms with Crippen molar-refractivity contribution >= 4 is 0 Å². The van der Waals surface area contributed by atoms with Crippen molar-refractivity contribution in [2.24, 2.45) is 23.7 Å². The van der Waals surface area contributed by atoms with Gasteiger partial charge in [0.25, 0.3) is 0 Å². The van der Waals surface area contributed by atoms with Crippen molar-refractivity contribution < 1.29 is 0 Å². The fourth-order valence-corrected chi connectivity index (χ4v) is 5.51. The summed E-state index contributed by atoms with van der Waals surface area (Å²) < 4.78 is 2.59. The Morgan fingerprint density at radius 3 is 2.37 bits per heavy atom. The van der Waals surface area contributed by atoms with Crippen LogP contribution in [0.1, 0.15) is 49.7 Å². The normalized spacial score (nSPS) is 40.0. The topological polar surface area (TPSA) is 29.9 Å². The maximum Gasteiger partial charge on any atom is 0.123 e. The summed E-state index contributed by atoms with van der Waals surface area (Å²) in [5.74, 6) is 5.21. The Balaban J connectivity index is 1.70. The van der Waals surface area contributed by atoms with Crippen LogP contribution in [0, 0.1) is 30.6 Å². The molecule has 0 radical (unpaired) electrons. The van der Waals surface area contributed by atoms with E-state index < -0.39 is 0 Å². The number of aromatic nitrogens is 2. The molecule has 0 aromatic carbocycles. The zero-order valence-electron chi connectivity index (χ0n) is 12.1. The third kappa shape index (κ3) is 1.78. The van der Waals surface area contributed by atoms with Crippen LogP contribution in [0.2, 0.25) is 0 Å². The summed E-state index contributed by atoms with van der Waals surface area (Å²) in [6, 6.07) is 0.749. The predicted molar refractivity (Wildman–Crippen MR) is 75.8 cm³/mol. The van der Waals surface area contributed by atoms with Gasteiger partial charge in [-0.2, -0.15) is 0 Å². The van der Waals surface area contributed by atoms with Crippen molar-refractivity contribution in [1.82, 2.24) is 14.9 Å². The average Bonchev–Trinajstić information content (AvgIpc) is 2.71. The van der Waals surface area contributed by atoms with Gasteiger partial charge < -0.3 is 9.88 Å². The van der Waals surface area contributed by atoms with Crippen molar-refractivity contribution in [3.63, 3.8) is 0 Å². The molecule has 0 aliphatic heterocycles. The van der Waals surface area contributed by atoms with Gasteiger partial charge in [-0.05, 0) is 69.7 Å². The van der Waals surface area contributed by atoms with E-state index in [2.05, 4.69) is 28.0 Å². The lowest BCUT2D eigenvalue weighted by Gasteiger charge is -2.55. The van der Waals surface area contributed by atoms with E-state index in [1.165, 1.54) is 43.6 Å². The molecule has 19 heavy (non-hydrogen) atoms. The molecule has 0 atom stereocenters. The second-order valence-electron chi connectivity index (χ2n) is 7.14. The number of rotatable bonds is 3. The monoisotopic (exact) mass is 259 g/mol. The molecule has 4 saturated carbocycles. The Labute approximate surface area is 115 Å². The Bertz CT molecular complexity index is 448. The number of nitrogens with one attached hydrogen (secondary N) is 1. The lowest BCUT2D eigenvalue weighted by molar-refractivity contribution is -0.0308. The molecular formula is C16H25N3. The quantitative estimate of drug-likeness (QED) is 0.904. The van der Waals surface area contributed by atoms with E-state index in [-0.39, 0.29) is 0 Å². The average molecular weight is 259 g/mol. The second-order valence-corrected chi connectivity index (χ2v) is 7.14. The van der Waals surface area contributed by atoms with Gasteiger partial charge in [-0.3, -0.25) is 0 Å². The van der Waals surface area contributed by atoms with Gasteiger partial charge in [0, 0.05) is 17.9 Å². The first kappa shape index (κ1) is 12.0. The van der Waals surface area contributed by atoms with E-state index in [9.17, 15) is 0 Å². The first-order chi connectivity index (χ1) is 9.26. The number of hydrogen-bond acceptors (Lipinski definition) is 2. The molecule has 5 rings (SSSR count). The van der Waals surface area contributed by atoms with E-state index in [0.29, 0.717) is 0 Å². The van der Waals surface area contributed by atoms with Crippen LogP contribution < -0.4 is 5.32 Å². The van der Waals surface area contributed by atoms with E-state index >= 15 is 0 Å². The van der Waals surface area contributed by atoms with Gasteiger partial charge in [-0.25, -0.2) is 4.98 Å². The van der Waals surface area contributed by atoms with Gasteiger partial charge in [-0.15, -0.1) is 0 Å². The number of imidazole rings is 1. The molecule has 1 N–H and O–H groups in total. The standard InChI is InChI=1S/C16H25N3/c1-10-8-18-15(9-17-2)19(10)16-13-4-11-3-12(6-13)7-14(16)5-11/h8,11-14,16-17H,3-7,9H2,1-2H3. The minimum Gasteiger partial charge on any atom is -0.328 e. The molecule has 1 aromatic rings. The van der Waals surface area contributed by atoms with Gasteiger partial charge in [-0.1, -0.05) is 0 Å². The van der Waals surface area contributed by atoms with Crippen LogP contribution in [0.5, 0.6) is 0 Å². The summed E-state index contributed by atoms with van der Waals surface area (Å²) >= 11 is 0. The molecule has 1 aromatic heterocycles. The Hall–Kier alpha value is -0.830. The lowest BCUT2D eigenvalue weighted by Crippen LogP contribution is -2.46. The molecule has 4 bridgehead atoms. The van der Waals surface area contributed by atoms with Crippen LogP contribution >= 0.6 is 0 Å². The van der Waals surface area contributed by atoms with Crippen LogP contribution in [0.4, 0.5) is 0 Å². The van der Waals surface area contributed by atoms with Crippen LogP contribution in [0.3, 0.4) is 0 Å². The molecule has 104 valence electrons. The molecule has 0 spiro atoms. The van der Waals surface area contributed by atoms with Gasteiger partial charge in [0.1, 0.15) is 5.82 Å². The molecule has 1 heterocycles. The molecule has 4 aliphatic rings. The van der Waals surface area contributed by atoms with Crippen LogP contribution in [-0.2, 0) is 6.54 Å². The fourth-order valence-electron chi connectivity index (χ4n) is 5.51. The molecule has 0 unspecified atom stereocenters. The number of aryl methyl sites for hydroxylation is 1. The first-order valence-electron chi connectivity index (χ1n) is 7.93. The highest BCUT2D eigenvalue weighted by Crippen LogP contribution is 2.58. The van der Waals surface area contributed by atoms with E-state index in [4.69, 9.17) is 0 Å². The van der Waals surface area contributed by atoms with Crippen molar-refractivity contribution in [2.45, 2.75) is 51.6 Å². The largest absolute Gasteiger partial charge is 0.328 e. The molecule has 0 amide bonds. The maximum absolute atomic E-state index is 4.64. The highest BCUT2D eigenvalue weighted by molar-refractivity contribution is 5.11. The van der Waals surface area contributed by atoms with Crippen LogP contribution in [0.15, 0.2) is 6.20 Å². The van der Waals surface area contributed by atoms with E-state index in [1.807, 2.05) is 7.05 Å². The van der Waals surface area contributed by atoms with Crippen molar-refractivity contribution in [3.8, 4) is 0 Å². The highest BCUT2D eigenvalue weighted by Gasteiger charge is 2.49. The summed E-state index contributed by atoms with van der Waals surface area (Å²) in [6.07, 6.45) is 9.52. The molecule has 0 saturated heterocycles. The molecule has 4 fully saturated rings. The molecular weight excluding hydrogens is 234 g/mol. The summed E-state index contributed by atoms with van der Waals surface area (Å²) in [5, 5.41) is 3.28.